The van der Waals surface area contributed by atoms with Crippen LogP contribution in [0.2, 0.25) is 0 Å². The van der Waals surface area contributed by atoms with Gasteiger partial charge in [-0.25, -0.2) is 4.98 Å². The van der Waals surface area contributed by atoms with Gasteiger partial charge in [-0.1, -0.05) is 12.1 Å². The molecule has 0 saturated carbocycles. The van der Waals surface area contributed by atoms with E-state index < -0.39 is 12.7 Å². The third-order valence-corrected chi connectivity index (χ3v) is 3.01. The molecule has 2 rings (SSSR count). The molecule has 1 aromatic heterocycles. The number of nitrogens with zero attached hydrogens (tertiary/aromatic N) is 2. The molecular weight excluding hydrogens is 266 g/mol. The third kappa shape index (κ3) is 3.54. The second kappa shape index (κ2) is 6.47. The molecule has 0 aliphatic carbocycles. The number of aliphatic hydroxyl groups is 1. The quantitative estimate of drug-likeness (QED) is 0.886. The highest BCUT2D eigenvalue weighted by Crippen LogP contribution is 2.21. The van der Waals surface area contributed by atoms with Crippen molar-refractivity contribution in [3.05, 3.63) is 48.0 Å². The smallest absolute Gasteiger partial charge is 0.387 e. The van der Waals surface area contributed by atoms with Gasteiger partial charge in [0, 0.05) is 25.4 Å². The topological polar surface area (TPSA) is 47.3 Å². The molecule has 4 nitrogen and oxygen atoms in total. The van der Waals surface area contributed by atoms with Crippen LogP contribution in [0.3, 0.4) is 0 Å². The number of hydrogen-bond donors (Lipinski definition) is 1. The Morgan fingerprint density at radius 3 is 2.60 bits per heavy atom. The zero-order valence-electron chi connectivity index (χ0n) is 11.0. The van der Waals surface area contributed by atoms with E-state index in [0.29, 0.717) is 12.0 Å². The zero-order chi connectivity index (χ0) is 14.5. The maximum Gasteiger partial charge on any atom is 0.387 e. The summed E-state index contributed by atoms with van der Waals surface area (Å²) in [7, 11) is 0. The molecule has 0 spiro atoms. The van der Waals surface area contributed by atoms with Crippen LogP contribution >= 0.6 is 0 Å². The fourth-order valence-corrected chi connectivity index (χ4v) is 1.98. The van der Waals surface area contributed by atoms with Crippen LogP contribution in [0.15, 0.2) is 36.7 Å². The fraction of sp³-hybridized carbons (Fsp3) is 0.357. The molecule has 1 atom stereocenters. The van der Waals surface area contributed by atoms with E-state index >= 15 is 0 Å². The average molecular weight is 282 g/mol. The number of imidazole rings is 1. The van der Waals surface area contributed by atoms with Gasteiger partial charge in [-0.2, -0.15) is 8.78 Å². The van der Waals surface area contributed by atoms with Crippen molar-refractivity contribution in [1.29, 1.82) is 0 Å². The van der Waals surface area contributed by atoms with Crippen molar-refractivity contribution in [1.82, 2.24) is 9.55 Å². The maximum atomic E-state index is 12.0. The van der Waals surface area contributed by atoms with Crippen LogP contribution in [-0.2, 0) is 13.0 Å². The molecule has 108 valence electrons. The lowest BCUT2D eigenvalue weighted by Crippen LogP contribution is -2.08. The van der Waals surface area contributed by atoms with Gasteiger partial charge < -0.3 is 14.4 Å². The summed E-state index contributed by atoms with van der Waals surface area (Å²) in [4.78, 5) is 4.19. The van der Waals surface area contributed by atoms with Crippen LogP contribution in [0.1, 0.15) is 24.4 Å². The second-order valence-corrected chi connectivity index (χ2v) is 4.30. The second-order valence-electron chi connectivity index (χ2n) is 4.30. The first-order chi connectivity index (χ1) is 9.60. The Bertz CT molecular complexity index is 540. The van der Waals surface area contributed by atoms with Gasteiger partial charge in [0.1, 0.15) is 11.6 Å². The van der Waals surface area contributed by atoms with E-state index in [4.69, 9.17) is 0 Å². The SMILES string of the molecule is CCn1ccnc1CC(O)c1ccc(OC(F)F)cc1. The molecule has 1 heterocycles. The molecule has 1 unspecified atom stereocenters. The fourth-order valence-electron chi connectivity index (χ4n) is 1.98. The maximum absolute atomic E-state index is 12.0. The lowest BCUT2D eigenvalue weighted by Gasteiger charge is -2.12. The Morgan fingerprint density at radius 2 is 2.00 bits per heavy atom. The number of aromatic nitrogens is 2. The van der Waals surface area contributed by atoms with E-state index in [-0.39, 0.29) is 5.75 Å². The van der Waals surface area contributed by atoms with Crippen LogP contribution in [0.5, 0.6) is 5.75 Å². The van der Waals surface area contributed by atoms with E-state index in [1.807, 2.05) is 17.7 Å². The van der Waals surface area contributed by atoms with Crippen molar-refractivity contribution in [2.45, 2.75) is 32.6 Å². The van der Waals surface area contributed by atoms with Gasteiger partial charge in [0.15, 0.2) is 0 Å². The van der Waals surface area contributed by atoms with Gasteiger partial charge in [-0.3, -0.25) is 0 Å². The summed E-state index contributed by atoms with van der Waals surface area (Å²) in [5, 5.41) is 10.1. The van der Waals surface area contributed by atoms with Crippen LogP contribution in [0.25, 0.3) is 0 Å². The molecule has 0 aliphatic heterocycles. The Kier molecular flexibility index (Phi) is 4.68. The van der Waals surface area contributed by atoms with Crippen molar-refractivity contribution in [3.63, 3.8) is 0 Å². The van der Waals surface area contributed by atoms with Crippen LogP contribution in [-0.4, -0.2) is 21.3 Å². The molecule has 0 radical (unpaired) electrons. The molecule has 0 fully saturated rings. The molecule has 20 heavy (non-hydrogen) atoms. The van der Waals surface area contributed by atoms with Gasteiger partial charge in [0.05, 0.1) is 6.10 Å². The minimum atomic E-state index is -2.84. The van der Waals surface area contributed by atoms with Crippen molar-refractivity contribution >= 4 is 0 Å². The summed E-state index contributed by atoms with van der Waals surface area (Å²) in [5.74, 6) is 0.860. The molecule has 1 aromatic carbocycles. The number of benzene rings is 1. The van der Waals surface area contributed by atoms with E-state index in [1.54, 1.807) is 18.3 Å². The van der Waals surface area contributed by atoms with Gasteiger partial charge in [0.2, 0.25) is 0 Å². The molecule has 1 N–H and O–H groups in total. The summed E-state index contributed by atoms with van der Waals surface area (Å²) in [6, 6.07) is 5.97. The summed E-state index contributed by atoms with van der Waals surface area (Å²) >= 11 is 0. The number of ether oxygens (including phenoxy) is 1. The number of halogens is 2. The van der Waals surface area contributed by atoms with Crippen LogP contribution < -0.4 is 4.74 Å². The molecule has 6 heteroatoms. The largest absolute Gasteiger partial charge is 0.435 e. The average Bonchev–Trinajstić information content (AvgIpc) is 2.86. The number of alkyl halides is 2. The summed E-state index contributed by atoms with van der Waals surface area (Å²) in [6.07, 6.45) is 3.17. The van der Waals surface area contributed by atoms with E-state index in [1.165, 1.54) is 12.1 Å². The number of aliphatic hydroxyl groups excluding tert-OH is 1. The highest BCUT2D eigenvalue weighted by molar-refractivity contribution is 5.29. The van der Waals surface area contributed by atoms with Crippen molar-refractivity contribution in [2.75, 3.05) is 0 Å². The first-order valence-electron chi connectivity index (χ1n) is 6.33. The van der Waals surface area contributed by atoms with Crippen LogP contribution in [0.4, 0.5) is 8.78 Å². The summed E-state index contributed by atoms with van der Waals surface area (Å²) in [6.45, 7) is -0.0696. The predicted molar refractivity (Wildman–Crippen MR) is 69.6 cm³/mol. The third-order valence-electron chi connectivity index (χ3n) is 3.01. The molecular formula is C14H16F2N2O2. The molecule has 0 amide bonds. The monoisotopic (exact) mass is 282 g/mol. The van der Waals surface area contributed by atoms with Crippen molar-refractivity contribution in [3.8, 4) is 5.75 Å². The lowest BCUT2D eigenvalue weighted by atomic mass is 10.1. The minimum absolute atomic E-state index is 0.0750. The summed E-state index contributed by atoms with van der Waals surface area (Å²) < 4.78 is 30.3. The zero-order valence-corrected chi connectivity index (χ0v) is 11.0. The van der Waals surface area contributed by atoms with Crippen molar-refractivity contribution < 1.29 is 18.6 Å². The summed E-state index contributed by atoms with van der Waals surface area (Å²) in [5.41, 5.74) is 0.636. The minimum Gasteiger partial charge on any atom is -0.435 e. The first-order valence-corrected chi connectivity index (χ1v) is 6.33. The number of aryl methyl sites for hydroxylation is 1. The Balaban J connectivity index is 2.04. The lowest BCUT2D eigenvalue weighted by molar-refractivity contribution is -0.0498. The molecule has 0 bridgehead atoms. The van der Waals surface area contributed by atoms with E-state index in [2.05, 4.69) is 9.72 Å². The van der Waals surface area contributed by atoms with Crippen LogP contribution in [0, 0.1) is 0 Å². The van der Waals surface area contributed by atoms with E-state index in [9.17, 15) is 13.9 Å². The molecule has 2 aromatic rings. The van der Waals surface area contributed by atoms with Gasteiger partial charge in [-0.15, -0.1) is 0 Å². The Labute approximate surface area is 115 Å². The van der Waals surface area contributed by atoms with Gasteiger partial charge in [-0.05, 0) is 24.6 Å². The number of rotatable bonds is 6. The standard InChI is InChI=1S/C14H16F2N2O2/c1-2-18-8-7-17-13(18)9-12(19)10-3-5-11(6-4-10)20-14(15)16/h3-8,12,14,19H,2,9H2,1H3. The molecule has 0 saturated heterocycles. The normalized spacial score (nSPS) is 12.7. The Hall–Kier alpha value is -1.95. The first kappa shape index (κ1) is 14.5. The molecule has 0 aliphatic rings. The highest BCUT2D eigenvalue weighted by atomic mass is 19.3. The van der Waals surface area contributed by atoms with Gasteiger partial charge >= 0.3 is 6.61 Å². The van der Waals surface area contributed by atoms with Crippen molar-refractivity contribution in [2.24, 2.45) is 0 Å². The van der Waals surface area contributed by atoms with Gasteiger partial charge in [0.25, 0.3) is 0 Å². The van der Waals surface area contributed by atoms with E-state index in [0.717, 1.165) is 12.4 Å². The number of hydrogen-bond acceptors (Lipinski definition) is 3. The predicted octanol–water partition coefficient (Wildman–Crippen LogP) is 2.78. The highest BCUT2D eigenvalue weighted by Gasteiger charge is 2.13. The Morgan fingerprint density at radius 1 is 1.30 bits per heavy atom.